The molecule has 132 valence electrons. The van der Waals surface area contributed by atoms with E-state index in [0.717, 1.165) is 22.3 Å². The number of hydrogen-bond donors (Lipinski definition) is 2. The summed E-state index contributed by atoms with van der Waals surface area (Å²) in [6.45, 7) is 2.39. The normalized spacial score (nSPS) is 13.0. The average molecular weight is 345 g/mol. The number of aliphatic hydroxyl groups excluding tert-OH is 1. The van der Waals surface area contributed by atoms with Gasteiger partial charge in [-0.1, -0.05) is 84.9 Å². The fourth-order valence-electron chi connectivity index (χ4n) is 2.92. The van der Waals surface area contributed by atoms with Gasteiger partial charge in [-0.05, 0) is 29.2 Å². The molecule has 0 radical (unpaired) electrons. The van der Waals surface area contributed by atoms with Crippen molar-refractivity contribution in [3.05, 3.63) is 107 Å². The molecular weight excluding hydrogens is 322 g/mol. The van der Waals surface area contributed by atoms with Gasteiger partial charge in [0.25, 0.3) is 0 Å². The molecule has 0 aliphatic rings. The maximum absolute atomic E-state index is 12.5. The number of aliphatic hydroxyl groups is 1. The van der Waals surface area contributed by atoms with Crippen LogP contribution in [-0.4, -0.2) is 11.0 Å². The molecule has 0 saturated heterocycles. The molecule has 0 aliphatic carbocycles. The average Bonchev–Trinajstić information content (AvgIpc) is 2.72. The summed E-state index contributed by atoms with van der Waals surface area (Å²) in [6, 6.07) is 27.0. The Bertz CT molecular complexity index is 846. The highest BCUT2D eigenvalue weighted by Gasteiger charge is 2.17. The molecule has 2 unspecified atom stereocenters. The summed E-state index contributed by atoms with van der Waals surface area (Å²) >= 11 is 0. The van der Waals surface area contributed by atoms with Gasteiger partial charge in [-0.25, -0.2) is 0 Å². The number of rotatable bonds is 6. The molecule has 2 N–H and O–H groups in total. The third kappa shape index (κ3) is 4.38. The van der Waals surface area contributed by atoms with Crippen LogP contribution >= 0.6 is 0 Å². The lowest BCUT2D eigenvalue weighted by molar-refractivity contribution is -0.122. The highest BCUT2D eigenvalue weighted by Crippen LogP contribution is 2.25. The van der Waals surface area contributed by atoms with Crippen LogP contribution in [0.5, 0.6) is 0 Å². The van der Waals surface area contributed by atoms with Crippen molar-refractivity contribution in [1.29, 1.82) is 0 Å². The van der Waals surface area contributed by atoms with E-state index in [4.69, 9.17) is 0 Å². The Labute approximate surface area is 154 Å². The van der Waals surface area contributed by atoms with Crippen LogP contribution < -0.4 is 5.32 Å². The molecule has 0 fully saturated rings. The number of amides is 1. The van der Waals surface area contributed by atoms with Crippen LogP contribution in [0.4, 0.5) is 0 Å². The molecule has 0 saturated carbocycles. The van der Waals surface area contributed by atoms with Gasteiger partial charge in [0.15, 0.2) is 0 Å². The lowest BCUT2D eigenvalue weighted by Crippen LogP contribution is -2.27. The van der Waals surface area contributed by atoms with Crippen molar-refractivity contribution in [2.75, 3.05) is 0 Å². The Morgan fingerprint density at radius 3 is 2.12 bits per heavy atom. The first-order chi connectivity index (χ1) is 12.6. The molecule has 0 aliphatic heterocycles. The third-order valence-corrected chi connectivity index (χ3v) is 4.54. The molecule has 26 heavy (non-hydrogen) atoms. The molecule has 3 nitrogen and oxygen atoms in total. The van der Waals surface area contributed by atoms with Gasteiger partial charge in [0, 0.05) is 6.54 Å². The SMILES string of the molecule is CC(C(=O)NCc1ccccc1)c1cccc(C(O)c2ccccc2)c1. The second kappa shape index (κ2) is 8.45. The van der Waals surface area contributed by atoms with Crippen molar-refractivity contribution < 1.29 is 9.90 Å². The summed E-state index contributed by atoms with van der Waals surface area (Å²) in [4.78, 5) is 12.5. The summed E-state index contributed by atoms with van der Waals surface area (Å²) < 4.78 is 0. The zero-order valence-electron chi connectivity index (χ0n) is 14.8. The first-order valence-corrected chi connectivity index (χ1v) is 8.79. The molecule has 0 aromatic heterocycles. The Kier molecular flexibility index (Phi) is 5.82. The number of carbonyl (C=O) groups is 1. The van der Waals surface area contributed by atoms with E-state index < -0.39 is 6.10 Å². The minimum Gasteiger partial charge on any atom is -0.384 e. The summed E-state index contributed by atoms with van der Waals surface area (Å²) in [5.41, 5.74) is 3.59. The van der Waals surface area contributed by atoms with Crippen LogP contribution in [0.15, 0.2) is 84.9 Å². The van der Waals surface area contributed by atoms with E-state index in [2.05, 4.69) is 5.32 Å². The van der Waals surface area contributed by atoms with Crippen LogP contribution in [0.1, 0.15) is 41.2 Å². The smallest absolute Gasteiger partial charge is 0.227 e. The topological polar surface area (TPSA) is 49.3 Å². The summed E-state index contributed by atoms with van der Waals surface area (Å²) in [5.74, 6) is -0.318. The first kappa shape index (κ1) is 17.9. The van der Waals surface area contributed by atoms with E-state index in [1.165, 1.54) is 0 Å². The van der Waals surface area contributed by atoms with Gasteiger partial charge in [0.05, 0.1) is 5.92 Å². The van der Waals surface area contributed by atoms with Crippen LogP contribution in [-0.2, 0) is 11.3 Å². The highest BCUT2D eigenvalue weighted by molar-refractivity contribution is 5.83. The predicted molar refractivity (Wildman–Crippen MR) is 104 cm³/mol. The second-order valence-corrected chi connectivity index (χ2v) is 6.41. The van der Waals surface area contributed by atoms with E-state index >= 15 is 0 Å². The molecule has 0 spiro atoms. The maximum Gasteiger partial charge on any atom is 0.227 e. The van der Waals surface area contributed by atoms with Gasteiger partial charge in [-0.3, -0.25) is 4.79 Å². The van der Waals surface area contributed by atoms with E-state index in [0.29, 0.717) is 6.54 Å². The molecule has 2 atom stereocenters. The Hall–Kier alpha value is -2.91. The van der Waals surface area contributed by atoms with Gasteiger partial charge < -0.3 is 10.4 Å². The Balaban J connectivity index is 1.69. The Morgan fingerprint density at radius 2 is 1.42 bits per heavy atom. The van der Waals surface area contributed by atoms with Crippen molar-refractivity contribution in [2.24, 2.45) is 0 Å². The molecule has 0 heterocycles. The predicted octanol–water partition coefficient (Wildman–Crippen LogP) is 4.19. The largest absolute Gasteiger partial charge is 0.384 e. The van der Waals surface area contributed by atoms with Crippen molar-refractivity contribution in [1.82, 2.24) is 5.32 Å². The van der Waals surface area contributed by atoms with Crippen LogP contribution in [0, 0.1) is 0 Å². The minimum absolute atomic E-state index is 0.0276. The van der Waals surface area contributed by atoms with E-state index in [-0.39, 0.29) is 11.8 Å². The van der Waals surface area contributed by atoms with Crippen molar-refractivity contribution in [3.63, 3.8) is 0 Å². The first-order valence-electron chi connectivity index (χ1n) is 8.79. The number of benzene rings is 3. The van der Waals surface area contributed by atoms with E-state index in [9.17, 15) is 9.90 Å². The van der Waals surface area contributed by atoms with Crippen LogP contribution in [0.3, 0.4) is 0 Å². The molecular formula is C23H23NO2. The van der Waals surface area contributed by atoms with Crippen LogP contribution in [0.25, 0.3) is 0 Å². The summed E-state index contributed by atoms with van der Waals surface area (Å²) in [6.07, 6.45) is -0.698. The van der Waals surface area contributed by atoms with Gasteiger partial charge in [-0.2, -0.15) is 0 Å². The standard InChI is InChI=1S/C23H23NO2/c1-17(23(26)24-16-18-9-4-2-5-10-18)20-13-8-14-21(15-20)22(25)19-11-6-3-7-12-19/h2-15,17,22,25H,16H2,1H3,(H,24,26). The van der Waals surface area contributed by atoms with Gasteiger partial charge in [0.2, 0.25) is 5.91 Å². The number of carbonyl (C=O) groups excluding carboxylic acids is 1. The molecule has 3 heteroatoms. The van der Waals surface area contributed by atoms with E-state index in [1.807, 2.05) is 91.9 Å². The van der Waals surface area contributed by atoms with Crippen LogP contribution in [0.2, 0.25) is 0 Å². The lowest BCUT2D eigenvalue weighted by atomic mass is 9.94. The molecule has 3 aromatic carbocycles. The second-order valence-electron chi connectivity index (χ2n) is 6.41. The monoisotopic (exact) mass is 345 g/mol. The quantitative estimate of drug-likeness (QED) is 0.704. The fraction of sp³-hybridized carbons (Fsp3) is 0.174. The minimum atomic E-state index is -0.698. The van der Waals surface area contributed by atoms with E-state index in [1.54, 1.807) is 0 Å². The maximum atomic E-state index is 12.5. The zero-order valence-corrected chi connectivity index (χ0v) is 14.8. The lowest BCUT2D eigenvalue weighted by Gasteiger charge is -2.16. The van der Waals surface area contributed by atoms with Crippen molar-refractivity contribution in [2.45, 2.75) is 25.5 Å². The molecule has 3 rings (SSSR count). The van der Waals surface area contributed by atoms with Gasteiger partial charge in [0.1, 0.15) is 6.10 Å². The number of nitrogens with one attached hydrogen (secondary N) is 1. The fourth-order valence-corrected chi connectivity index (χ4v) is 2.92. The summed E-state index contributed by atoms with van der Waals surface area (Å²) in [7, 11) is 0. The van der Waals surface area contributed by atoms with Crippen molar-refractivity contribution >= 4 is 5.91 Å². The Morgan fingerprint density at radius 1 is 0.846 bits per heavy atom. The molecule has 3 aromatic rings. The molecule has 1 amide bonds. The van der Waals surface area contributed by atoms with Gasteiger partial charge >= 0.3 is 0 Å². The highest BCUT2D eigenvalue weighted by atomic mass is 16.3. The third-order valence-electron chi connectivity index (χ3n) is 4.54. The van der Waals surface area contributed by atoms with Gasteiger partial charge in [-0.15, -0.1) is 0 Å². The zero-order chi connectivity index (χ0) is 18.4. The molecule has 0 bridgehead atoms. The van der Waals surface area contributed by atoms with Crippen molar-refractivity contribution in [3.8, 4) is 0 Å². The number of hydrogen-bond acceptors (Lipinski definition) is 2. The summed E-state index contributed by atoms with van der Waals surface area (Å²) in [5, 5.41) is 13.6.